The van der Waals surface area contributed by atoms with Crippen molar-refractivity contribution >= 4 is 0 Å². The summed E-state index contributed by atoms with van der Waals surface area (Å²) in [4.78, 5) is 0. The van der Waals surface area contributed by atoms with Gasteiger partial charge in [0.1, 0.15) is 0 Å². The van der Waals surface area contributed by atoms with E-state index in [0.717, 1.165) is 25.7 Å². The maximum Gasteiger partial charge on any atom is -0.0288 e. The van der Waals surface area contributed by atoms with Crippen molar-refractivity contribution in [1.82, 2.24) is 0 Å². The fourth-order valence-electron chi connectivity index (χ4n) is 1.28. The van der Waals surface area contributed by atoms with Crippen LogP contribution in [0.1, 0.15) is 46.5 Å². The third-order valence-electron chi connectivity index (χ3n) is 2.39. The molecule has 0 bridgehead atoms. The summed E-state index contributed by atoms with van der Waals surface area (Å²) in [6, 6.07) is 0. The Balaban J connectivity index is 3.77. The van der Waals surface area contributed by atoms with E-state index < -0.39 is 0 Å². The van der Waals surface area contributed by atoms with Crippen molar-refractivity contribution < 1.29 is 0 Å². The predicted molar refractivity (Wildman–Crippen MR) is 71.0 cm³/mol. The largest absolute Gasteiger partial charge is 0.100 e. The Kier molecular flexibility index (Phi) is 7.71. The van der Waals surface area contributed by atoms with E-state index in [9.17, 15) is 0 Å². The fraction of sp³-hybridized carbons (Fsp3) is 0.467. The van der Waals surface area contributed by atoms with E-state index in [1.54, 1.807) is 0 Å². The quantitative estimate of drug-likeness (QED) is 0.395. The molecule has 0 rings (SSSR count). The van der Waals surface area contributed by atoms with Crippen LogP contribution < -0.4 is 0 Å². The van der Waals surface area contributed by atoms with Crippen LogP contribution in [0.5, 0.6) is 0 Å². The number of allylic oxidation sites excluding steroid dienone is 6. The molecule has 0 aliphatic rings. The van der Waals surface area contributed by atoms with Crippen LogP contribution in [0.3, 0.4) is 0 Å². The molecule has 15 heavy (non-hydrogen) atoms. The first-order chi connectivity index (χ1) is 7.06. The summed E-state index contributed by atoms with van der Waals surface area (Å²) < 4.78 is 0. The summed E-state index contributed by atoms with van der Waals surface area (Å²) >= 11 is 0. The molecular weight excluding hydrogens is 180 g/mol. The Bertz CT molecular complexity index is 264. The fourth-order valence-corrected chi connectivity index (χ4v) is 1.28. The number of rotatable bonds is 7. The van der Waals surface area contributed by atoms with Crippen LogP contribution in [0, 0.1) is 0 Å². The standard InChI is InChI=1S/C15H24/c1-6-14(4)10-8-12-15(5)11-7-9-13(2)3/h6,10-11H,1-2,7-9,12H2,3-5H3/b14-10+,15-11+. The Morgan fingerprint density at radius 2 is 1.60 bits per heavy atom. The van der Waals surface area contributed by atoms with Gasteiger partial charge in [-0.1, -0.05) is 41.5 Å². The van der Waals surface area contributed by atoms with Crippen LogP contribution >= 0.6 is 0 Å². The molecular formula is C15H24. The van der Waals surface area contributed by atoms with Gasteiger partial charge in [0.25, 0.3) is 0 Å². The van der Waals surface area contributed by atoms with Gasteiger partial charge in [0.05, 0.1) is 0 Å². The lowest BCUT2D eigenvalue weighted by atomic mass is 10.1. The molecule has 0 aromatic carbocycles. The van der Waals surface area contributed by atoms with Gasteiger partial charge in [0.2, 0.25) is 0 Å². The van der Waals surface area contributed by atoms with Crippen molar-refractivity contribution in [3.63, 3.8) is 0 Å². The average Bonchev–Trinajstić information content (AvgIpc) is 2.17. The highest BCUT2D eigenvalue weighted by atomic mass is 14.0. The maximum absolute atomic E-state index is 3.90. The Morgan fingerprint density at radius 1 is 1.00 bits per heavy atom. The Hall–Kier alpha value is -1.04. The van der Waals surface area contributed by atoms with Gasteiger partial charge in [-0.25, -0.2) is 0 Å². The molecule has 0 aliphatic carbocycles. The third-order valence-corrected chi connectivity index (χ3v) is 2.39. The minimum atomic E-state index is 1.11. The minimum Gasteiger partial charge on any atom is -0.100 e. The topological polar surface area (TPSA) is 0 Å². The highest BCUT2D eigenvalue weighted by Crippen LogP contribution is 2.10. The monoisotopic (exact) mass is 204 g/mol. The van der Waals surface area contributed by atoms with E-state index in [2.05, 4.69) is 46.1 Å². The maximum atomic E-state index is 3.90. The molecule has 0 heterocycles. The molecule has 0 N–H and O–H groups in total. The molecule has 0 amide bonds. The van der Waals surface area contributed by atoms with Gasteiger partial charge >= 0.3 is 0 Å². The summed E-state index contributed by atoms with van der Waals surface area (Å²) in [7, 11) is 0. The molecule has 0 radical (unpaired) electrons. The van der Waals surface area contributed by atoms with Gasteiger partial charge in [-0.05, 0) is 46.5 Å². The molecule has 0 atom stereocenters. The van der Waals surface area contributed by atoms with Gasteiger partial charge < -0.3 is 0 Å². The Labute approximate surface area is 95.1 Å². The third kappa shape index (κ3) is 9.27. The van der Waals surface area contributed by atoms with Crippen molar-refractivity contribution in [2.45, 2.75) is 46.5 Å². The lowest BCUT2D eigenvalue weighted by molar-refractivity contribution is 0.922. The Morgan fingerprint density at radius 3 is 2.13 bits per heavy atom. The first-order valence-electron chi connectivity index (χ1n) is 5.65. The van der Waals surface area contributed by atoms with Crippen molar-refractivity contribution in [2.75, 3.05) is 0 Å². The second kappa shape index (κ2) is 8.28. The zero-order valence-corrected chi connectivity index (χ0v) is 10.5. The molecule has 0 aliphatic heterocycles. The van der Waals surface area contributed by atoms with E-state index >= 15 is 0 Å². The van der Waals surface area contributed by atoms with Gasteiger partial charge in [-0.15, -0.1) is 6.58 Å². The average molecular weight is 204 g/mol. The molecule has 0 unspecified atom stereocenters. The van der Waals surface area contributed by atoms with Crippen molar-refractivity contribution in [3.8, 4) is 0 Å². The van der Waals surface area contributed by atoms with E-state index in [0.29, 0.717) is 0 Å². The lowest BCUT2D eigenvalue weighted by Gasteiger charge is -1.99. The highest BCUT2D eigenvalue weighted by Gasteiger charge is 1.90. The summed E-state index contributed by atoms with van der Waals surface area (Å²) in [6.45, 7) is 14.0. The second-order valence-corrected chi connectivity index (χ2v) is 4.24. The van der Waals surface area contributed by atoms with Crippen LogP contribution in [0.25, 0.3) is 0 Å². The summed E-state index contributed by atoms with van der Waals surface area (Å²) in [6.07, 6.45) is 11.0. The molecule has 0 saturated carbocycles. The summed E-state index contributed by atoms with van der Waals surface area (Å²) in [5.74, 6) is 0. The minimum absolute atomic E-state index is 1.11. The SMILES string of the molecule is C=C/C(C)=C/CC/C(C)=C/CCC(=C)C. The van der Waals surface area contributed by atoms with E-state index in [1.807, 2.05) is 6.08 Å². The van der Waals surface area contributed by atoms with Crippen LogP contribution in [0.4, 0.5) is 0 Å². The van der Waals surface area contributed by atoms with Crippen molar-refractivity contribution in [1.29, 1.82) is 0 Å². The molecule has 0 nitrogen and oxygen atoms in total. The molecule has 0 heteroatoms. The zero-order chi connectivity index (χ0) is 11.7. The molecule has 0 fully saturated rings. The molecule has 0 aromatic heterocycles. The molecule has 0 aromatic rings. The van der Waals surface area contributed by atoms with E-state index in [1.165, 1.54) is 16.7 Å². The van der Waals surface area contributed by atoms with Gasteiger partial charge in [0, 0.05) is 0 Å². The lowest BCUT2D eigenvalue weighted by Crippen LogP contribution is -1.79. The van der Waals surface area contributed by atoms with Crippen LogP contribution in [0.2, 0.25) is 0 Å². The number of hydrogen-bond donors (Lipinski definition) is 0. The zero-order valence-electron chi connectivity index (χ0n) is 10.5. The van der Waals surface area contributed by atoms with Crippen LogP contribution in [0.15, 0.2) is 48.1 Å². The van der Waals surface area contributed by atoms with Crippen molar-refractivity contribution in [2.24, 2.45) is 0 Å². The highest BCUT2D eigenvalue weighted by molar-refractivity contribution is 5.13. The first-order valence-corrected chi connectivity index (χ1v) is 5.65. The molecule has 0 spiro atoms. The van der Waals surface area contributed by atoms with Crippen LogP contribution in [-0.2, 0) is 0 Å². The predicted octanol–water partition coefficient (Wildman–Crippen LogP) is 5.20. The van der Waals surface area contributed by atoms with Gasteiger partial charge in [-0.3, -0.25) is 0 Å². The van der Waals surface area contributed by atoms with Crippen molar-refractivity contribution in [3.05, 3.63) is 48.1 Å². The second-order valence-electron chi connectivity index (χ2n) is 4.24. The summed E-state index contributed by atoms with van der Waals surface area (Å²) in [5.41, 5.74) is 4.01. The molecule has 84 valence electrons. The number of hydrogen-bond acceptors (Lipinski definition) is 0. The van der Waals surface area contributed by atoms with E-state index in [4.69, 9.17) is 0 Å². The van der Waals surface area contributed by atoms with Crippen LogP contribution in [-0.4, -0.2) is 0 Å². The van der Waals surface area contributed by atoms with E-state index in [-0.39, 0.29) is 0 Å². The normalized spacial score (nSPS) is 12.7. The first kappa shape index (κ1) is 14.0. The van der Waals surface area contributed by atoms with Gasteiger partial charge in [0.15, 0.2) is 0 Å². The summed E-state index contributed by atoms with van der Waals surface area (Å²) in [5, 5.41) is 0. The van der Waals surface area contributed by atoms with Gasteiger partial charge in [-0.2, -0.15) is 0 Å². The smallest absolute Gasteiger partial charge is 0.0288 e. The molecule has 0 saturated heterocycles.